The van der Waals surface area contributed by atoms with E-state index in [1.54, 1.807) is 0 Å². The molecule has 2 aromatic rings. The Morgan fingerprint density at radius 2 is 1.93 bits per heavy atom. The number of unbranched alkanes of at least 4 members (excludes halogenated alkanes) is 4. The van der Waals surface area contributed by atoms with Gasteiger partial charge in [0.2, 0.25) is 12.2 Å². The van der Waals surface area contributed by atoms with Gasteiger partial charge >= 0.3 is 5.97 Å². The Labute approximate surface area is 174 Å². The van der Waals surface area contributed by atoms with Crippen molar-refractivity contribution in [2.75, 3.05) is 5.32 Å². The van der Waals surface area contributed by atoms with Crippen molar-refractivity contribution < 1.29 is 9.53 Å². The molecule has 1 aromatic carbocycles. The van der Waals surface area contributed by atoms with E-state index in [0.29, 0.717) is 12.3 Å². The minimum absolute atomic E-state index is 0.119. The quantitative estimate of drug-likeness (QED) is 0.364. The zero-order valence-electron chi connectivity index (χ0n) is 18.3. The number of anilines is 1. The van der Waals surface area contributed by atoms with Crippen molar-refractivity contribution in [3.05, 3.63) is 35.5 Å². The van der Waals surface area contributed by atoms with Gasteiger partial charge in [-0.3, -0.25) is 9.36 Å². The van der Waals surface area contributed by atoms with Gasteiger partial charge in [-0.1, -0.05) is 65.5 Å². The van der Waals surface area contributed by atoms with Gasteiger partial charge in [0.1, 0.15) is 0 Å². The Hall–Kier alpha value is -2.30. The molecule has 0 saturated heterocycles. The summed E-state index contributed by atoms with van der Waals surface area (Å²) in [6.07, 6.45) is 7.51. The van der Waals surface area contributed by atoms with E-state index < -0.39 is 6.23 Å². The molecule has 0 fully saturated rings. The lowest BCUT2D eigenvalue weighted by atomic mass is 9.96. The summed E-state index contributed by atoms with van der Waals surface area (Å²) in [5.41, 5.74) is 4.20. The zero-order valence-corrected chi connectivity index (χ0v) is 18.3. The lowest BCUT2D eigenvalue weighted by Crippen LogP contribution is -2.29. The molecule has 1 aliphatic heterocycles. The van der Waals surface area contributed by atoms with Crippen LogP contribution in [0.1, 0.15) is 85.3 Å². The van der Waals surface area contributed by atoms with Crippen LogP contribution in [0.2, 0.25) is 0 Å². The summed E-state index contributed by atoms with van der Waals surface area (Å²) in [4.78, 5) is 17.5. The van der Waals surface area contributed by atoms with Gasteiger partial charge in [-0.25, -0.2) is 4.98 Å². The third-order valence-corrected chi connectivity index (χ3v) is 5.93. The molecule has 2 heterocycles. The van der Waals surface area contributed by atoms with E-state index in [0.717, 1.165) is 53.9 Å². The number of benzene rings is 1. The third-order valence-electron chi connectivity index (χ3n) is 5.93. The number of rotatable bonds is 10. The molecule has 2 atom stereocenters. The van der Waals surface area contributed by atoms with E-state index in [9.17, 15) is 4.79 Å². The van der Waals surface area contributed by atoms with Gasteiger partial charge in [0, 0.05) is 17.7 Å². The van der Waals surface area contributed by atoms with Gasteiger partial charge in [0.05, 0.1) is 11.0 Å². The van der Waals surface area contributed by atoms with E-state index in [-0.39, 0.29) is 5.97 Å². The number of esters is 1. The summed E-state index contributed by atoms with van der Waals surface area (Å²) in [6, 6.07) is 8.04. The van der Waals surface area contributed by atoms with Crippen molar-refractivity contribution in [1.29, 1.82) is 0 Å². The highest BCUT2D eigenvalue weighted by Gasteiger charge is 2.33. The molecule has 29 heavy (non-hydrogen) atoms. The van der Waals surface area contributed by atoms with Crippen LogP contribution in [0.3, 0.4) is 0 Å². The van der Waals surface area contributed by atoms with E-state index in [4.69, 9.17) is 9.72 Å². The minimum atomic E-state index is -0.421. The first kappa shape index (κ1) is 21.4. The molecule has 1 N–H and O–H groups in total. The number of para-hydroxylation sites is 2. The number of fused-ring (bicyclic) bond motifs is 3. The van der Waals surface area contributed by atoms with Gasteiger partial charge in [-0.05, 0) is 37.3 Å². The summed E-state index contributed by atoms with van der Waals surface area (Å²) in [5, 5.41) is 3.55. The number of allylic oxidation sites excluding steroid dienone is 1. The molecule has 5 heteroatoms. The van der Waals surface area contributed by atoms with Crippen molar-refractivity contribution in [2.24, 2.45) is 5.92 Å². The highest BCUT2D eigenvalue weighted by atomic mass is 16.6. The predicted molar refractivity (Wildman–Crippen MR) is 119 cm³/mol. The van der Waals surface area contributed by atoms with Crippen molar-refractivity contribution in [3.63, 3.8) is 0 Å². The van der Waals surface area contributed by atoms with Gasteiger partial charge in [-0.15, -0.1) is 0 Å². The van der Waals surface area contributed by atoms with E-state index >= 15 is 0 Å². The van der Waals surface area contributed by atoms with Crippen molar-refractivity contribution >= 4 is 23.0 Å². The zero-order chi connectivity index (χ0) is 20.8. The molecule has 1 aromatic heterocycles. The number of imidazole rings is 1. The fourth-order valence-electron chi connectivity index (χ4n) is 4.05. The fraction of sp³-hybridized carbons (Fsp3) is 0.583. The highest BCUT2D eigenvalue weighted by Crippen LogP contribution is 2.39. The Morgan fingerprint density at radius 1 is 1.17 bits per heavy atom. The summed E-state index contributed by atoms with van der Waals surface area (Å²) >= 11 is 0. The number of hydrogen-bond donors (Lipinski definition) is 1. The van der Waals surface area contributed by atoms with Crippen LogP contribution in [-0.2, 0) is 9.53 Å². The Kier molecular flexibility index (Phi) is 7.34. The van der Waals surface area contributed by atoms with Crippen molar-refractivity contribution in [1.82, 2.24) is 9.55 Å². The van der Waals surface area contributed by atoms with E-state index in [1.165, 1.54) is 19.3 Å². The second kappa shape index (κ2) is 9.95. The van der Waals surface area contributed by atoms with Crippen LogP contribution in [0.5, 0.6) is 0 Å². The smallest absolute Gasteiger partial charge is 0.307 e. The SMILES string of the molecule is CCCCCCCC(=O)OC1C(CC)=C(C(C)CC)Nc2nc3ccccc3n21. The lowest BCUT2D eigenvalue weighted by Gasteiger charge is -2.33. The normalized spacial score (nSPS) is 17.2. The lowest BCUT2D eigenvalue weighted by molar-refractivity contribution is -0.151. The first-order chi connectivity index (χ1) is 14.1. The molecule has 3 rings (SSSR count). The van der Waals surface area contributed by atoms with Crippen LogP contribution in [0.4, 0.5) is 5.95 Å². The van der Waals surface area contributed by atoms with E-state index in [1.807, 2.05) is 24.3 Å². The average molecular weight is 398 g/mol. The average Bonchev–Trinajstić information content (AvgIpc) is 3.11. The number of aromatic nitrogens is 2. The number of carbonyl (C=O) groups excluding carboxylic acids is 1. The van der Waals surface area contributed by atoms with E-state index in [2.05, 4.69) is 37.6 Å². The second-order valence-electron chi connectivity index (χ2n) is 8.03. The predicted octanol–water partition coefficient (Wildman–Crippen LogP) is 6.57. The number of carbonyl (C=O) groups is 1. The molecule has 0 amide bonds. The van der Waals surface area contributed by atoms with Crippen LogP contribution in [0.15, 0.2) is 35.5 Å². The van der Waals surface area contributed by atoms with Crippen LogP contribution < -0.4 is 5.32 Å². The van der Waals surface area contributed by atoms with Crippen molar-refractivity contribution in [3.8, 4) is 0 Å². The fourth-order valence-corrected chi connectivity index (χ4v) is 4.05. The number of nitrogens with one attached hydrogen (secondary N) is 1. The minimum Gasteiger partial charge on any atom is -0.437 e. The molecule has 0 bridgehead atoms. The van der Waals surface area contributed by atoms with Gasteiger partial charge in [-0.2, -0.15) is 0 Å². The second-order valence-corrected chi connectivity index (χ2v) is 8.03. The molecule has 158 valence electrons. The number of nitrogens with zero attached hydrogens (tertiary/aromatic N) is 2. The molecule has 0 saturated carbocycles. The maximum absolute atomic E-state index is 12.7. The van der Waals surface area contributed by atoms with Crippen LogP contribution >= 0.6 is 0 Å². The molecule has 0 spiro atoms. The Morgan fingerprint density at radius 3 is 2.66 bits per heavy atom. The molecule has 2 unspecified atom stereocenters. The first-order valence-corrected chi connectivity index (χ1v) is 11.3. The molecule has 1 aliphatic rings. The summed E-state index contributed by atoms with van der Waals surface area (Å²) < 4.78 is 8.16. The Bertz CT molecular complexity index is 868. The first-order valence-electron chi connectivity index (χ1n) is 11.3. The molecular weight excluding hydrogens is 362 g/mol. The largest absolute Gasteiger partial charge is 0.437 e. The third kappa shape index (κ3) is 4.65. The molecule has 0 radical (unpaired) electrons. The summed E-state index contributed by atoms with van der Waals surface area (Å²) in [5.74, 6) is 1.000. The van der Waals surface area contributed by atoms with Crippen LogP contribution in [-0.4, -0.2) is 15.5 Å². The summed E-state index contributed by atoms with van der Waals surface area (Å²) in [7, 11) is 0. The van der Waals surface area contributed by atoms with Gasteiger partial charge in [0.15, 0.2) is 0 Å². The van der Waals surface area contributed by atoms with Crippen LogP contribution in [0, 0.1) is 5.92 Å². The number of ether oxygens (including phenoxy) is 1. The highest BCUT2D eigenvalue weighted by molar-refractivity contribution is 5.80. The van der Waals surface area contributed by atoms with Gasteiger partial charge in [0.25, 0.3) is 0 Å². The topological polar surface area (TPSA) is 56.1 Å². The molecule has 5 nitrogen and oxygen atoms in total. The molecule has 0 aliphatic carbocycles. The van der Waals surface area contributed by atoms with Gasteiger partial charge < -0.3 is 10.1 Å². The summed E-state index contributed by atoms with van der Waals surface area (Å²) in [6.45, 7) is 8.73. The standard InChI is InChI=1S/C24H35N3O2/c1-5-8-9-10-11-16-21(28)29-23-18(7-3)22(17(4)6-2)26-24-25-19-14-12-13-15-20(19)27(23)24/h12-15,17,23H,5-11,16H2,1-4H3,(H,25,26). The maximum atomic E-state index is 12.7. The van der Waals surface area contributed by atoms with Crippen molar-refractivity contribution in [2.45, 2.75) is 85.3 Å². The molecular formula is C24H35N3O2. The number of hydrogen-bond acceptors (Lipinski definition) is 4. The maximum Gasteiger partial charge on any atom is 0.307 e. The monoisotopic (exact) mass is 397 g/mol. The Balaban J connectivity index is 1.89. The van der Waals surface area contributed by atoms with Crippen LogP contribution in [0.25, 0.3) is 11.0 Å².